The number of hydroxylamine groups is 4. The van der Waals surface area contributed by atoms with E-state index in [1.807, 2.05) is 12.1 Å². The Bertz CT molecular complexity index is 1930. The van der Waals surface area contributed by atoms with Gasteiger partial charge in [0.2, 0.25) is 10.4 Å². The van der Waals surface area contributed by atoms with E-state index in [4.69, 9.17) is 13.6 Å². The van der Waals surface area contributed by atoms with Crippen LogP contribution in [-0.4, -0.2) is 137 Å². The minimum Gasteiger partial charge on any atom is -0.724 e. The van der Waals surface area contributed by atoms with Gasteiger partial charge in [-0.1, -0.05) is 89.4 Å². The number of rotatable bonds is 22. The zero-order valence-electron chi connectivity index (χ0n) is 40.1. The fourth-order valence-electron chi connectivity index (χ4n) is 10.8. The van der Waals surface area contributed by atoms with Crippen LogP contribution in [-0.2, 0) is 42.2 Å². The number of piperidine rings is 2. The van der Waals surface area contributed by atoms with E-state index in [2.05, 4.69) is 51.9 Å². The first-order valence-electron chi connectivity index (χ1n) is 25.0. The summed E-state index contributed by atoms with van der Waals surface area (Å²) >= 11 is 0. The van der Waals surface area contributed by atoms with Crippen molar-refractivity contribution < 1.29 is 57.6 Å². The van der Waals surface area contributed by atoms with Gasteiger partial charge >= 0.3 is 22.5 Å². The minimum atomic E-state index is -4.98. The van der Waals surface area contributed by atoms with E-state index in [-0.39, 0.29) is 12.1 Å². The number of nitrogens with one attached hydrogen (secondary N) is 1. The van der Waals surface area contributed by atoms with Crippen LogP contribution < -0.4 is 5.32 Å². The standard InChI is InChI=1S/C16H36N.C15H21N3O6S.C14H20N4O6S/c1-5-9-13-17(14-10-6-2,15-11-7-3)16-12-8-4;19-15-17-9-11(18(15)24-25(20,21)22)5-6-14(17)13-8-12(23-16-13)7-10-3-1-2-4-10;19-14-17-8-10(18(14)24-25(20,21)22)1-2-13(17)12-6-11(23-16-12)5-9-3-4-15-7-9/h5-16H2,1-4H3;8,10-11,14H,1-7,9H2,(H,20,21,22);6,9-10,13,15H,1-5,7-8H2,(H,20,21,22)/q+1;;/p-1/t;11-,14+;9?,10-,13+/m.11/s1. The number of fused-ring (bicyclic) bond motifs is 4. The van der Waals surface area contributed by atoms with Gasteiger partial charge in [0, 0.05) is 38.1 Å². The summed E-state index contributed by atoms with van der Waals surface area (Å²) in [7, 11) is -9.71. The Balaban J connectivity index is 0.000000170. The quantitative estimate of drug-likeness (QED) is 0.0671. The first-order chi connectivity index (χ1) is 32.1. The summed E-state index contributed by atoms with van der Waals surface area (Å²) in [5.74, 6) is 2.79. The van der Waals surface area contributed by atoms with Crippen molar-refractivity contribution in [2.24, 2.45) is 11.8 Å². The Morgan fingerprint density at radius 1 is 0.687 bits per heavy atom. The molecule has 380 valence electrons. The van der Waals surface area contributed by atoms with Crippen LogP contribution >= 0.6 is 0 Å². The van der Waals surface area contributed by atoms with Gasteiger partial charge in [0.15, 0.2) is 0 Å². The summed E-state index contributed by atoms with van der Waals surface area (Å²) < 4.78 is 84.2. The van der Waals surface area contributed by atoms with Crippen molar-refractivity contribution in [2.45, 2.75) is 174 Å². The van der Waals surface area contributed by atoms with Crippen molar-refractivity contribution >= 4 is 32.9 Å². The van der Waals surface area contributed by atoms with Crippen LogP contribution in [0.5, 0.6) is 0 Å². The van der Waals surface area contributed by atoms with E-state index in [9.17, 15) is 31.0 Å². The molecule has 8 rings (SSSR count). The number of hydrogen-bond donors (Lipinski definition) is 2. The number of hydrogen-bond acceptors (Lipinski definition) is 14. The second-order valence-electron chi connectivity index (χ2n) is 19.5. The van der Waals surface area contributed by atoms with Crippen molar-refractivity contribution in [3.05, 3.63) is 35.0 Å². The number of aromatic nitrogens is 2. The molecule has 2 aromatic rings. The molecule has 6 aliphatic rings. The highest BCUT2D eigenvalue weighted by Gasteiger charge is 2.49. The highest BCUT2D eigenvalue weighted by Crippen LogP contribution is 2.40. The highest BCUT2D eigenvalue weighted by molar-refractivity contribution is 7.81. The molecule has 22 heteroatoms. The van der Waals surface area contributed by atoms with Crippen LogP contribution in [0.15, 0.2) is 21.2 Å². The van der Waals surface area contributed by atoms with Gasteiger partial charge in [-0.3, -0.25) is 4.55 Å². The summed E-state index contributed by atoms with van der Waals surface area (Å²) in [6.07, 6.45) is 21.1. The average Bonchev–Trinajstić information content (AvgIpc) is 4.19. The van der Waals surface area contributed by atoms with Crippen molar-refractivity contribution in [3.8, 4) is 0 Å². The lowest BCUT2D eigenvalue weighted by molar-refractivity contribution is -0.929. The van der Waals surface area contributed by atoms with E-state index in [1.165, 1.54) is 118 Å². The molecule has 4 bridgehead atoms. The summed E-state index contributed by atoms with van der Waals surface area (Å²) in [6.45, 7) is 17.6. The normalized spacial score (nSPS) is 24.4. The predicted octanol–water partition coefficient (Wildman–Crippen LogP) is 7.25. The Labute approximate surface area is 397 Å². The molecule has 2 aromatic heterocycles. The van der Waals surface area contributed by atoms with Gasteiger partial charge in [-0.25, -0.2) is 18.0 Å². The maximum absolute atomic E-state index is 12.4. The smallest absolute Gasteiger partial charge is 0.418 e. The molecule has 1 aliphatic carbocycles. The van der Waals surface area contributed by atoms with Crippen LogP contribution in [0.2, 0.25) is 0 Å². The second kappa shape index (κ2) is 24.4. The second-order valence-corrected chi connectivity index (χ2v) is 21.5. The van der Waals surface area contributed by atoms with Crippen molar-refractivity contribution in [1.82, 2.24) is 35.6 Å². The number of nitrogens with zero attached hydrogens (tertiary/aromatic N) is 7. The van der Waals surface area contributed by atoms with E-state index in [0.29, 0.717) is 67.1 Å². The van der Waals surface area contributed by atoms with Crippen LogP contribution in [0, 0.1) is 11.8 Å². The molecule has 5 aliphatic heterocycles. The fourth-order valence-corrected chi connectivity index (χ4v) is 11.5. The van der Waals surface area contributed by atoms with Gasteiger partial charge in [-0.2, -0.15) is 22.8 Å². The van der Waals surface area contributed by atoms with Gasteiger partial charge < -0.3 is 33.2 Å². The summed E-state index contributed by atoms with van der Waals surface area (Å²) in [6, 6.07) is 1.17. The van der Waals surface area contributed by atoms with Gasteiger partial charge in [0.1, 0.15) is 22.9 Å². The molecule has 1 saturated carbocycles. The van der Waals surface area contributed by atoms with E-state index in [1.54, 1.807) is 0 Å². The summed E-state index contributed by atoms with van der Waals surface area (Å²) in [4.78, 5) is 27.8. The molecular weight excluding hydrogens is 909 g/mol. The maximum atomic E-state index is 12.4. The summed E-state index contributed by atoms with van der Waals surface area (Å²) in [5.41, 5.74) is 1.34. The molecule has 0 spiro atoms. The van der Waals surface area contributed by atoms with Crippen molar-refractivity contribution in [3.63, 3.8) is 0 Å². The van der Waals surface area contributed by atoms with Crippen molar-refractivity contribution in [2.75, 3.05) is 52.4 Å². The Morgan fingerprint density at radius 3 is 1.54 bits per heavy atom. The first kappa shape index (κ1) is 53.0. The molecule has 6 fully saturated rings. The molecule has 5 atom stereocenters. The average molecular weight is 985 g/mol. The fraction of sp³-hybridized carbons (Fsp3) is 0.822. The third-order valence-electron chi connectivity index (χ3n) is 14.4. The minimum absolute atomic E-state index is 0.280. The molecule has 4 amide bonds. The number of carbonyl (C=O) groups is 2. The molecule has 0 aromatic carbocycles. The highest BCUT2D eigenvalue weighted by atomic mass is 32.3. The lowest BCUT2D eigenvalue weighted by Gasteiger charge is -2.39. The lowest BCUT2D eigenvalue weighted by Crippen LogP contribution is -2.50. The van der Waals surface area contributed by atoms with E-state index >= 15 is 0 Å². The predicted molar refractivity (Wildman–Crippen MR) is 246 cm³/mol. The van der Waals surface area contributed by atoms with Crippen LogP contribution in [0.3, 0.4) is 0 Å². The lowest BCUT2D eigenvalue weighted by atomic mass is 9.97. The van der Waals surface area contributed by atoms with Gasteiger partial charge in [0.05, 0.1) is 50.3 Å². The molecule has 20 nitrogen and oxygen atoms in total. The van der Waals surface area contributed by atoms with Crippen LogP contribution in [0.25, 0.3) is 0 Å². The number of carbonyl (C=O) groups excluding carboxylic acids is 2. The topological polar surface area (TPSA) is 241 Å². The van der Waals surface area contributed by atoms with E-state index < -0.39 is 44.9 Å². The Morgan fingerprint density at radius 2 is 1.13 bits per heavy atom. The van der Waals surface area contributed by atoms with Gasteiger partial charge in [-0.15, -0.1) is 4.28 Å². The summed E-state index contributed by atoms with van der Waals surface area (Å²) in [5, 5.41) is 13.0. The number of unbranched alkanes of at least 4 members (excludes halogenated alkanes) is 4. The number of urea groups is 2. The van der Waals surface area contributed by atoms with Crippen LogP contribution in [0.4, 0.5) is 9.59 Å². The molecular formula is C45H76N8O12S2. The Kier molecular flexibility index (Phi) is 19.3. The molecule has 5 saturated heterocycles. The number of amides is 4. The van der Waals surface area contributed by atoms with Crippen molar-refractivity contribution in [1.29, 1.82) is 0 Å². The van der Waals surface area contributed by atoms with Crippen LogP contribution in [0.1, 0.15) is 172 Å². The third-order valence-corrected chi connectivity index (χ3v) is 15.1. The molecule has 67 heavy (non-hydrogen) atoms. The molecule has 7 heterocycles. The molecule has 1 unspecified atom stereocenters. The zero-order valence-corrected chi connectivity index (χ0v) is 41.7. The third kappa shape index (κ3) is 14.8. The number of quaternary nitrogens is 1. The molecule has 2 N–H and O–H groups in total. The van der Waals surface area contributed by atoms with E-state index in [0.717, 1.165) is 48.9 Å². The first-order valence-corrected chi connectivity index (χ1v) is 27.7. The SMILES string of the molecule is CCCC[N+](CCCC)(CCCC)CCCC.O=C1N2C[C@@H](CC[C@H]2c2cc(CC3CCCC3)on2)N1OS(=O)(=O)[O-].O=C1N2C[C@@H](CC[C@H]2c2cc(CC3CCNC3)on2)N1OS(=O)(=O)O. The van der Waals surface area contributed by atoms with Gasteiger partial charge in [0.25, 0.3) is 0 Å². The van der Waals surface area contributed by atoms with Gasteiger partial charge in [-0.05, 0) is 82.7 Å². The Hall–Kier alpha value is -3.38. The monoisotopic (exact) mass is 985 g/mol. The zero-order chi connectivity index (χ0) is 48.2. The largest absolute Gasteiger partial charge is 0.724 e. The molecule has 0 radical (unpaired) electrons. The maximum Gasteiger partial charge on any atom is 0.418 e.